The van der Waals surface area contributed by atoms with Crippen LogP contribution in [0.1, 0.15) is 22.5 Å². The van der Waals surface area contributed by atoms with Crippen molar-refractivity contribution in [2.45, 2.75) is 24.3 Å². The lowest BCUT2D eigenvalue weighted by molar-refractivity contribution is -0.279. The van der Waals surface area contributed by atoms with Gasteiger partial charge in [-0.25, -0.2) is 0 Å². The number of ether oxygens (including phenoxy) is 1. The van der Waals surface area contributed by atoms with Gasteiger partial charge in [0.25, 0.3) is 5.91 Å². The molecule has 2 aromatic heterocycles. The zero-order valence-electron chi connectivity index (χ0n) is 13.3. The number of nitrogens with two attached hydrogens (primary N) is 1. The van der Waals surface area contributed by atoms with E-state index in [-0.39, 0.29) is 22.4 Å². The lowest BCUT2D eigenvalue weighted by atomic mass is 9.81. The summed E-state index contributed by atoms with van der Waals surface area (Å²) in [5, 5.41) is 9.82. The third-order valence-corrected chi connectivity index (χ3v) is 4.09. The maximum atomic E-state index is 14.1. The second-order valence-electron chi connectivity index (χ2n) is 5.73. The highest BCUT2D eigenvalue weighted by molar-refractivity contribution is 5.98. The van der Waals surface area contributed by atoms with Crippen molar-refractivity contribution < 1.29 is 27.8 Å². The van der Waals surface area contributed by atoms with E-state index in [1.165, 1.54) is 24.5 Å². The average Bonchev–Trinajstić information content (AvgIpc) is 2.60. The number of carbonyl (C=O) groups is 1. The van der Waals surface area contributed by atoms with E-state index in [4.69, 9.17) is 10.5 Å². The fourth-order valence-corrected chi connectivity index (χ4v) is 2.95. The van der Waals surface area contributed by atoms with E-state index in [1.54, 1.807) is 0 Å². The van der Waals surface area contributed by atoms with Gasteiger partial charge in [0.1, 0.15) is 5.69 Å². The van der Waals surface area contributed by atoms with Crippen molar-refractivity contribution in [2.75, 3.05) is 0 Å². The summed E-state index contributed by atoms with van der Waals surface area (Å²) in [6.45, 7) is 0. The number of primary amides is 1. The van der Waals surface area contributed by atoms with Crippen LogP contribution in [0, 0.1) is 0 Å². The van der Waals surface area contributed by atoms with Gasteiger partial charge in [-0.05, 0) is 18.2 Å². The summed E-state index contributed by atoms with van der Waals surface area (Å²) in [7, 11) is 0. The van der Waals surface area contributed by atoms with Crippen LogP contribution >= 0.6 is 0 Å². The Labute approximate surface area is 146 Å². The molecular formula is C17H14F3N3O3. The molecule has 3 N–H and O–H groups in total. The predicted octanol–water partition coefficient (Wildman–Crippen LogP) is 2.29. The molecule has 6 nitrogen and oxygen atoms in total. The summed E-state index contributed by atoms with van der Waals surface area (Å²) in [4.78, 5) is 19.5. The Morgan fingerprint density at radius 1 is 1.35 bits per heavy atom. The Morgan fingerprint density at radius 2 is 2.12 bits per heavy atom. The zero-order valence-corrected chi connectivity index (χ0v) is 13.3. The van der Waals surface area contributed by atoms with Gasteiger partial charge in [0.2, 0.25) is 5.60 Å². The molecule has 0 fully saturated rings. The molecule has 1 aliphatic rings. The van der Waals surface area contributed by atoms with E-state index >= 15 is 0 Å². The molecule has 26 heavy (non-hydrogen) atoms. The van der Waals surface area contributed by atoms with Crippen LogP contribution in [-0.4, -0.2) is 33.3 Å². The molecule has 0 saturated carbocycles. The van der Waals surface area contributed by atoms with Crippen molar-refractivity contribution in [1.29, 1.82) is 0 Å². The molecule has 0 aliphatic carbocycles. The molecule has 0 spiro atoms. The highest BCUT2D eigenvalue weighted by atomic mass is 19.4. The van der Waals surface area contributed by atoms with Gasteiger partial charge >= 0.3 is 6.18 Å². The smallest absolute Gasteiger partial charge is 0.432 e. The Bertz CT molecular complexity index is 855. The minimum atomic E-state index is -4.88. The van der Waals surface area contributed by atoms with Gasteiger partial charge in [0.15, 0.2) is 0 Å². The highest BCUT2D eigenvalue weighted by Crippen LogP contribution is 2.50. The van der Waals surface area contributed by atoms with Crippen LogP contribution < -0.4 is 5.73 Å². The first-order chi connectivity index (χ1) is 12.3. The van der Waals surface area contributed by atoms with Crippen LogP contribution in [0.25, 0.3) is 11.1 Å². The van der Waals surface area contributed by atoms with E-state index < -0.39 is 30.2 Å². The van der Waals surface area contributed by atoms with Crippen LogP contribution in [0.4, 0.5) is 13.2 Å². The molecule has 0 aromatic carbocycles. The van der Waals surface area contributed by atoms with Gasteiger partial charge in [-0.3, -0.25) is 14.8 Å². The largest absolute Gasteiger partial charge is 0.481 e. The number of aliphatic hydroxyl groups excluding tert-OH is 1. The van der Waals surface area contributed by atoms with Gasteiger partial charge in [-0.2, -0.15) is 13.2 Å². The number of hydrogen-bond acceptors (Lipinski definition) is 5. The highest BCUT2D eigenvalue weighted by Gasteiger charge is 2.60. The molecule has 3 heterocycles. The molecule has 2 atom stereocenters. The molecule has 9 heteroatoms. The van der Waals surface area contributed by atoms with Crippen molar-refractivity contribution >= 4 is 5.91 Å². The first-order valence-electron chi connectivity index (χ1n) is 7.55. The van der Waals surface area contributed by atoms with E-state index in [1.807, 2.05) is 0 Å². The van der Waals surface area contributed by atoms with Crippen molar-refractivity contribution in [3.8, 4) is 11.1 Å². The summed E-state index contributed by atoms with van der Waals surface area (Å²) in [5.41, 5.74) is 1.84. The first kappa shape index (κ1) is 17.9. The van der Waals surface area contributed by atoms with Gasteiger partial charge < -0.3 is 15.6 Å². The Balaban J connectivity index is 2.35. The number of amides is 1. The van der Waals surface area contributed by atoms with Gasteiger partial charge in [0.05, 0.1) is 12.4 Å². The molecule has 2 aromatic rings. The van der Waals surface area contributed by atoms with E-state index in [0.29, 0.717) is 0 Å². The van der Waals surface area contributed by atoms with Gasteiger partial charge in [-0.15, -0.1) is 0 Å². The number of aromatic nitrogens is 2. The van der Waals surface area contributed by atoms with E-state index in [9.17, 15) is 23.1 Å². The number of halogens is 3. The lowest BCUT2D eigenvalue weighted by Crippen LogP contribution is -2.48. The molecule has 136 valence electrons. The van der Waals surface area contributed by atoms with Gasteiger partial charge in [-0.1, -0.05) is 6.07 Å². The number of pyridine rings is 2. The summed E-state index contributed by atoms with van der Waals surface area (Å²) in [6.07, 6.45) is -1.33. The number of carbonyl (C=O) groups excluding carboxylic acids is 1. The number of rotatable bonds is 3. The Morgan fingerprint density at radius 3 is 2.69 bits per heavy atom. The lowest BCUT2D eigenvalue weighted by Gasteiger charge is -2.39. The standard InChI is InChI=1S/C17H14F3N3O3/c18-17(19,20)16(8-11(24)4-7-26-16)12-3-6-23-14(15(21)25)13(12)10-2-1-5-22-9-10/h1-7,9,11,24H,8H2,(H2,21,25). The van der Waals surface area contributed by atoms with Crippen molar-refractivity contribution in [2.24, 2.45) is 5.73 Å². The van der Waals surface area contributed by atoms with Crippen LogP contribution in [0.5, 0.6) is 0 Å². The molecule has 0 radical (unpaired) electrons. The van der Waals surface area contributed by atoms with Crippen LogP contribution in [0.15, 0.2) is 49.1 Å². The quantitative estimate of drug-likeness (QED) is 0.870. The van der Waals surface area contributed by atoms with Crippen LogP contribution in [-0.2, 0) is 10.3 Å². The zero-order chi connectivity index (χ0) is 18.9. The molecule has 1 amide bonds. The maximum absolute atomic E-state index is 14.1. The summed E-state index contributed by atoms with van der Waals surface area (Å²) in [5.74, 6) is -0.991. The molecule has 3 rings (SSSR count). The van der Waals surface area contributed by atoms with Crippen molar-refractivity contribution in [3.05, 3.63) is 60.4 Å². The number of hydrogen-bond donors (Lipinski definition) is 2. The molecular weight excluding hydrogens is 351 g/mol. The second kappa shape index (κ2) is 6.41. The summed E-state index contributed by atoms with van der Waals surface area (Å²) in [6, 6.07) is 4.10. The predicted molar refractivity (Wildman–Crippen MR) is 84.6 cm³/mol. The number of alkyl halides is 3. The second-order valence-corrected chi connectivity index (χ2v) is 5.73. The van der Waals surface area contributed by atoms with Crippen molar-refractivity contribution in [3.63, 3.8) is 0 Å². The van der Waals surface area contributed by atoms with E-state index in [0.717, 1.165) is 24.6 Å². The van der Waals surface area contributed by atoms with Crippen molar-refractivity contribution in [1.82, 2.24) is 9.97 Å². The maximum Gasteiger partial charge on any atom is 0.432 e. The fraction of sp³-hybridized carbons (Fsp3) is 0.235. The molecule has 0 saturated heterocycles. The third-order valence-electron chi connectivity index (χ3n) is 4.09. The minimum absolute atomic E-state index is 0.132. The topological polar surface area (TPSA) is 98.3 Å². The molecule has 1 aliphatic heterocycles. The number of nitrogens with zero attached hydrogens (tertiary/aromatic N) is 2. The normalized spacial score (nSPS) is 22.7. The Hall–Kier alpha value is -2.94. The monoisotopic (exact) mass is 365 g/mol. The summed E-state index contributed by atoms with van der Waals surface area (Å²) < 4.78 is 47.2. The van der Waals surface area contributed by atoms with Crippen LogP contribution in [0.2, 0.25) is 0 Å². The Kier molecular flexibility index (Phi) is 4.41. The molecule has 2 unspecified atom stereocenters. The van der Waals surface area contributed by atoms with Gasteiger partial charge in [0, 0.05) is 41.7 Å². The minimum Gasteiger partial charge on any atom is -0.481 e. The molecule has 0 bridgehead atoms. The van der Waals surface area contributed by atoms with Crippen LogP contribution in [0.3, 0.4) is 0 Å². The fourth-order valence-electron chi connectivity index (χ4n) is 2.95. The third kappa shape index (κ3) is 2.90. The first-order valence-corrected chi connectivity index (χ1v) is 7.55. The average molecular weight is 365 g/mol. The SMILES string of the molecule is NC(=O)c1nccc(C2(C(F)(F)F)CC(O)C=CO2)c1-c1cccnc1. The number of aliphatic hydroxyl groups is 1. The summed E-state index contributed by atoms with van der Waals surface area (Å²) >= 11 is 0. The van der Waals surface area contributed by atoms with E-state index in [2.05, 4.69) is 9.97 Å².